The van der Waals surface area contributed by atoms with E-state index in [0.29, 0.717) is 19.2 Å². The maximum Gasteiger partial charge on any atom is 0.262 e. The molecule has 168 valence electrons. The number of hydrogen-bond acceptors (Lipinski definition) is 5. The zero-order valence-corrected chi connectivity index (χ0v) is 19.5. The van der Waals surface area contributed by atoms with Crippen LogP contribution in [0.15, 0.2) is 59.7 Å². The molecule has 1 atom stereocenters. The maximum absolute atomic E-state index is 13.2. The summed E-state index contributed by atoms with van der Waals surface area (Å²) in [4.78, 5) is 20.0. The topological polar surface area (TPSA) is 56.2 Å². The van der Waals surface area contributed by atoms with Crippen LogP contribution in [-0.4, -0.2) is 29.3 Å². The Morgan fingerprint density at radius 3 is 2.58 bits per heavy atom. The molecule has 6 rings (SSSR count). The number of rotatable bonds is 6. The summed E-state index contributed by atoms with van der Waals surface area (Å²) in [5, 5.41) is 4.80. The Kier molecular flexibility index (Phi) is 5.37. The number of nitrogens with zero attached hydrogens (tertiary/aromatic N) is 2. The Morgan fingerprint density at radius 2 is 1.85 bits per heavy atom. The van der Waals surface area contributed by atoms with Crippen LogP contribution in [0.2, 0.25) is 0 Å². The highest BCUT2D eigenvalue weighted by Gasteiger charge is 2.32. The first kappa shape index (κ1) is 20.8. The number of fused-ring (bicyclic) bond motifs is 6. The van der Waals surface area contributed by atoms with Crippen LogP contribution in [0.25, 0.3) is 21.3 Å². The van der Waals surface area contributed by atoms with Gasteiger partial charge >= 0.3 is 0 Å². The molecule has 2 aromatic heterocycles. The summed E-state index contributed by atoms with van der Waals surface area (Å²) in [6.07, 6.45) is 5.40. The van der Waals surface area contributed by atoms with Gasteiger partial charge in [-0.05, 0) is 53.5 Å². The lowest BCUT2D eigenvalue weighted by atomic mass is 9.91. The average Bonchev–Trinajstić information content (AvgIpc) is 3.37. The molecule has 0 saturated heterocycles. The SMILES string of the molecule is COCCCn1cnc2sc3c(c2c1=O)CCC(NC1c2ccccc2-c2ccccc21)C3. The number of aromatic nitrogens is 2. The van der Waals surface area contributed by atoms with Crippen LogP contribution in [0.5, 0.6) is 0 Å². The van der Waals surface area contributed by atoms with Crippen molar-refractivity contribution < 1.29 is 4.74 Å². The molecule has 1 unspecified atom stereocenters. The van der Waals surface area contributed by atoms with Crippen molar-refractivity contribution in [1.82, 2.24) is 14.9 Å². The quantitative estimate of drug-likeness (QED) is 0.426. The fourth-order valence-electron chi connectivity index (χ4n) is 5.45. The van der Waals surface area contributed by atoms with Gasteiger partial charge in [-0.15, -0.1) is 11.3 Å². The summed E-state index contributed by atoms with van der Waals surface area (Å²) in [5.74, 6) is 0. The molecule has 0 fully saturated rings. The van der Waals surface area contributed by atoms with Crippen molar-refractivity contribution in [3.05, 3.63) is 86.8 Å². The van der Waals surface area contributed by atoms with Gasteiger partial charge in [-0.25, -0.2) is 4.98 Å². The Balaban J connectivity index is 1.28. The van der Waals surface area contributed by atoms with Crippen molar-refractivity contribution in [2.24, 2.45) is 0 Å². The van der Waals surface area contributed by atoms with E-state index < -0.39 is 0 Å². The molecular formula is C27H27N3O2S. The second-order valence-corrected chi connectivity index (χ2v) is 10.1. The van der Waals surface area contributed by atoms with Crippen LogP contribution >= 0.6 is 11.3 Å². The highest BCUT2D eigenvalue weighted by molar-refractivity contribution is 7.18. The summed E-state index contributed by atoms with van der Waals surface area (Å²) in [5.41, 5.74) is 6.71. The lowest BCUT2D eigenvalue weighted by Crippen LogP contribution is -2.36. The van der Waals surface area contributed by atoms with Gasteiger partial charge in [0, 0.05) is 31.2 Å². The molecule has 1 N–H and O–H groups in total. The lowest BCUT2D eigenvalue weighted by molar-refractivity contribution is 0.190. The van der Waals surface area contributed by atoms with Gasteiger partial charge in [-0.2, -0.15) is 0 Å². The molecule has 0 aliphatic heterocycles. The molecule has 0 spiro atoms. The first-order chi connectivity index (χ1) is 16.2. The molecule has 2 aliphatic carbocycles. The van der Waals surface area contributed by atoms with E-state index in [2.05, 4.69) is 58.8 Å². The third kappa shape index (κ3) is 3.53. The number of benzene rings is 2. The van der Waals surface area contributed by atoms with E-state index in [0.717, 1.165) is 35.9 Å². The van der Waals surface area contributed by atoms with E-state index in [-0.39, 0.29) is 11.6 Å². The van der Waals surface area contributed by atoms with Crippen molar-refractivity contribution in [1.29, 1.82) is 0 Å². The monoisotopic (exact) mass is 457 g/mol. The van der Waals surface area contributed by atoms with E-state index in [1.165, 1.54) is 32.7 Å². The molecule has 2 aliphatic rings. The second-order valence-electron chi connectivity index (χ2n) is 8.99. The molecule has 2 heterocycles. The zero-order chi connectivity index (χ0) is 22.4. The number of thiophene rings is 1. The predicted octanol–water partition coefficient (Wildman–Crippen LogP) is 4.71. The van der Waals surface area contributed by atoms with Gasteiger partial charge in [0.15, 0.2) is 0 Å². The van der Waals surface area contributed by atoms with Gasteiger partial charge in [-0.3, -0.25) is 9.36 Å². The minimum Gasteiger partial charge on any atom is -0.385 e. The molecule has 4 aromatic rings. The third-order valence-corrected chi connectivity index (χ3v) is 8.18. The number of methoxy groups -OCH3 is 1. The zero-order valence-electron chi connectivity index (χ0n) is 18.7. The van der Waals surface area contributed by atoms with E-state index in [9.17, 15) is 4.79 Å². The molecular weight excluding hydrogens is 430 g/mol. The van der Waals surface area contributed by atoms with Gasteiger partial charge < -0.3 is 10.1 Å². The summed E-state index contributed by atoms with van der Waals surface area (Å²) in [7, 11) is 1.69. The third-order valence-electron chi connectivity index (χ3n) is 7.02. The van der Waals surface area contributed by atoms with Crippen LogP contribution < -0.4 is 10.9 Å². The van der Waals surface area contributed by atoms with Gasteiger partial charge in [0.1, 0.15) is 4.83 Å². The van der Waals surface area contributed by atoms with E-state index in [1.54, 1.807) is 29.3 Å². The predicted molar refractivity (Wildman–Crippen MR) is 133 cm³/mol. The Bertz CT molecular complexity index is 1340. The van der Waals surface area contributed by atoms with Crippen LogP contribution in [-0.2, 0) is 24.1 Å². The first-order valence-corrected chi connectivity index (χ1v) is 12.5. The highest BCUT2D eigenvalue weighted by Crippen LogP contribution is 2.44. The minimum absolute atomic E-state index is 0.0960. The van der Waals surface area contributed by atoms with Gasteiger partial charge in [0.25, 0.3) is 5.56 Å². The number of hydrogen-bond donors (Lipinski definition) is 1. The smallest absolute Gasteiger partial charge is 0.262 e. The standard InChI is InChI=1S/C27H27N3O2S/c1-32-14-6-13-30-16-28-26-24(27(30)31)22-12-11-17(15-23(22)33-26)29-25-20-9-4-2-7-18(20)19-8-3-5-10-21(19)25/h2-5,7-10,16-17,25,29H,6,11-15H2,1H3. The number of ether oxygens (including phenoxy) is 1. The summed E-state index contributed by atoms with van der Waals surface area (Å²) < 4.78 is 6.88. The van der Waals surface area contributed by atoms with Crippen molar-refractivity contribution in [3.63, 3.8) is 0 Å². The normalized spacial score (nSPS) is 17.2. The maximum atomic E-state index is 13.2. The van der Waals surface area contributed by atoms with Crippen molar-refractivity contribution in [2.75, 3.05) is 13.7 Å². The highest BCUT2D eigenvalue weighted by atomic mass is 32.1. The van der Waals surface area contributed by atoms with Gasteiger partial charge in [-0.1, -0.05) is 48.5 Å². The summed E-state index contributed by atoms with van der Waals surface area (Å²) in [6.45, 7) is 1.29. The molecule has 5 nitrogen and oxygen atoms in total. The Morgan fingerprint density at radius 1 is 1.12 bits per heavy atom. The fraction of sp³-hybridized carbons (Fsp3) is 0.333. The molecule has 0 saturated carbocycles. The second kappa shape index (κ2) is 8.52. The van der Waals surface area contributed by atoms with Crippen molar-refractivity contribution >= 4 is 21.6 Å². The summed E-state index contributed by atoms with van der Waals surface area (Å²) in [6, 6.07) is 18.0. The molecule has 33 heavy (non-hydrogen) atoms. The summed E-state index contributed by atoms with van der Waals surface area (Å²) >= 11 is 1.69. The first-order valence-electron chi connectivity index (χ1n) is 11.7. The minimum atomic E-state index is 0.0960. The number of nitrogens with one attached hydrogen (secondary N) is 1. The van der Waals surface area contributed by atoms with Crippen molar-refractivity contribution in [2.45, 2.75) is 44.3 Å². The van der Waals surface area contributed by atoms with Crippen LogP contribution in [0, 0.1) is 0 Å². The van der Waals surface area contributed by atoms with Crippen LogP contribution in [0.3, 0.4) is 0 Å². The molecule has 0 radical (unpaired) electrons. The average molecular weight is 458 g/mol. The van der Waals surface area contributed by atoms with Crippen LogP contribution in [0.1, 0.15) is 40.5 Å². The largest absolute Gasteiger partial charge is 0.385 e. The molecule has 0 bridgehead atoms. The molecule has 6 heteroatoms. The van der Waals surface area contributed by atoms with E-state index >= 15 is 0 Å². The number of aryl methyl sites for hydroxylation is 2. The van der Waals surface area contributed by atoms with Crippen LogP contribution in [0.4, 0.5) is 0 Å². The Hall–Kier alpha value is -2.80. The van der Waals surface area contributed by atoms with Gasteiger partial charge in [0.2, 0.25) is 0 Å². The van der Waals surface area contributed by atoms with Gasteiger partial charge in [0.05, 0.1) is 17.8 Å². The fourth-order valence-corrected chi connectivity index (χ4v) is 6.71. The lowest BCUT2D eigenvalue weighted by Gasteiger charge is -2.28. The van der Waals surface area contributed by atoms with Crippen molar-refractivity contribution in [3.8, 4) is 11.1 Å². The Labute approximate surface area is 197 Å². The molecule has 0 amide bonds. The van der Waals surface area contributed by atoms with E-state index in [1.807, 2.05) is 0 Å². The van der Waals surface area contributed by atoms with E-state index in [4.69, 9.17) is 4.74 Å². The molecule has 2 aromatic carbocycles.